The van der Waals surface area contributed by atoms with Crippen LogP contribution in [0.5, 0.6) is 0 Å². The summed E-state index contributed by atoms with van der Waals surface area (Å²) in [6, 6.07) is 1.88. The zero-order valence-corrected chi connectivity index (χ0v) is 12.0. The van der Waals surface area contributed by atoms with Crippen LogP contribution in [0, 0.1) is 19.8 Å². The van der Waals surface area contributed by atoms with Crippen molar-refractivity contribution in [1.29, 1.82) is 0 Å². The largest absolute Gasteiger partial charge is 0.347 e. The van der Waals surface area contributed by atoms with Crippen molar-refractivity contribution < 1.29 is 4.79 Å². The normalized spacial score (nSPS) is 11.2. The number of ketones is 1. The van der Waals surface area contributed by atoms with Gasteiger partial charge in [-0.2, -0.15) is 0 Å². The summed E-state index contributed by atoms with van der Waals surface area (Å²) in [5.41, 5.74) is 1.88. The van der Waals surface area contributed by atoms with Crippen molar-refractivity contribution in [3.05, 3.63) is 39.6 Å². The number of carbonyl (C=O) groups excluding carboxylic acids is 1. The van der Waals surface area contributed by atoms with Crippen LogP contribution in [0.1, 0.15) is 39.8 Å². The molecule has 0 aromatic carbocycles. The summed E-state index contributed by atoms with van der Waals surface area (Å²) in [6.07, 6.45) is 3.86. The molecule has 0 amide bonds. The van der Waals surface area contributed by atoms with Gasteiger partial charge in [0.2, 0.25) is 0 Å². The van der Waals surface area contributed by atoms with E-state index >= 15 is 0 Å². The van der Waals surface area contributed by atoms with Crippen LogP contribution in [0.15, 0.2) is 18.5 Å². The Morgan fingerprint density at radius 2 is 2.17 bits per heavy atom. The lowest BCUT2D eigenvalue weighted by Crippen LogP contribution is -2.06. The summed E-state index contributed by atoms with van der Waals surface area (Å²) in [6.45, 7) is 8.70. The minimum Gasteiger partial charge on any atom is -0.347 e. The van der Waals surface area contributed by atoms with Crippen LogP contribution in [-0.2, 0) is 6.54 Å². The number of aromatic nitrogens is 2. The molecule has 0 saturated heterocycles. The van der Waals surface area contributed by atoms with Gasteiger partial charge in [0, 0.05) is 28.8 Å². The number of Topliss-reactive ketones (excluding diaryl/α,β-unsaturated/α-hetero) is 1. The van der Waals surface area contributed by atoms with Crippen molar-refractivity contribution >= 4 is 17.1 Å². The van der Waals surface area contributed by atoms with Crippen LogP contribution in [-0.4, -0.2) is 15.3 Å². The smallest absolute Gasteiger partial charge is 0.166 e. The number of hydrogen-bond acceptors (Lipinski definition) is 3. The Kier molecular flexibility index (Phi) is 3.66. The minimum atomic E-state index is 0.0465. The topological polar surface area (TPSA) is 34.9 Å². The van der Waals surface area contributed by atoms with Crippen molar-refractivity contribution in [2.24, 2.45) is 5.92 Å². The molecule has 3 nitrogen and oxygen atoms in total. The van der Waals surface area contributed by atoms with Crippen molar-refractivity contribution in [3.63, 3.8) is 0 Å². The Balaban J connectivity index is 2.13. The molecule has 18 heavy (non-hydrogen) atoms. The summed E-state index contributed by atoms with van der Waals surface area (Å²) in [4.78, 5) is 17.6. The predicted octanol–water partition coefficient (Wildman–Crippen LogP) is 3.45. The summed E-state index contributed by atoms with van der Waals surface area (Å²) >= 11 is 1.72. The Morgan fingerprint density at radius 3 is 2.72 bits per heavy atom. The van der Waals surface area contributed by atoms with E-state index in [9.17, 15) is 4.79 Å². The lowest BCUT2D eigenvalue weighted by Gasteiger charge is -2.01. The summed E-state index contributed by atoms with van der Waals surface area (Å²) in [5.74, 6) is 0.241. The molecule has 0 bridgehead atoms. The Hall–Kier alpha value is -1.42. The van der Waals surface area contributed by atoms with E-state index < -0.39 is 0 Å². The third kappa shape index (κ3) is 2.70. The first kappa shape index (κ1) is 13.0. The fourth-order valence-corrected chi connectivity index (χ4v) is 2.72. The number of rotatable bonds is 4. The average molecular weight is 262 g/mol. The van der Waals surface area contributed by atoms with Gasteiger partial charge in [-0.25, -0.2) is 4.98 Å². The molecule has 2 heterocycles. The van der Waals surface area contributed by atoms with Gasteiger partial charge in [0.05, 0.1) is 12.2 Å². The van der Waals surface area contributed by atoms with E-state index in [2.05, 4.69) is 11.9 Å². The van der Waals surface area contributed by atoms with Crippen LogP contribution in [0.4, 0.5) is 0 Å². The molecular formula is C14H18N2OS. The van der Waals surface area contributed by atoms with Gasteiger partial charge >= 0.3 is 0 Å². The molecule has 0 fully saturated rings. The van der Waals surface area contributed by atoms with E-state index in [1.165, 1.54) is 4.88 Å². The quantitative estimate of drug-likeness (QED) is 0.791. The molecule has 0 aliphatic carbocycles. The minimum absolute atomic E-state index is 0.0465. The molecule has 2 aromatic heterocycles. The molecule has 0 unspecified atom stereocenters. The second-order valence-electron chi connectivity index (χ2n) is 4.84. The monoisotopic (exact) mass is 262 g/mol. The second-order valence-corrected chi connectivity index (χ2v) is 6.13. The van der Waals surface area contributed by atoms with Crippen molar-refractivity contribution in [1.82, 2.24) is 9.55 Å². The van der Waals surface area contributed by atoms with Crippen LogP contribution < -0.4 is 0 Å². The van der Waals surface area contributed by atoms with E-state index in [4.69, 9.17) is 0 Å². The number of aryl methyl sites for hydroxylation is 2. The number of thiazole rings is 1. The first-order valence-electron chi connectivity index (χ1n) is 6.10. The highest BCUT2D eigenvalue weighted by Crippen LogP contribution is 2.18. The number of carbonyl (C=O) groups is 1. The fourth-order valence-electron chi connectivity index (χ4n) is 1.78. The highest BCUT2D eigenvalue weighted by molar-refractivity contribution is 7.11. The molecule has 0 N–H and O–H groups in total. The Labute approximate surface area is 111 Å². The molecule has 0 atom stereocenters. The molecular weight excluding hydrogens is 244 g/mol. The highest BCUT2D eigenvalue weighted by atomic mass is 32.1. The van der Waals surface area contributed by atoms with E-state index in [0.29, 0.717) is 0 Å². The van der Waals surface area contributed by atoms with Crippen LogP contribution >= 0.6 is 11.3 Å². The molecule has 0 aliphatic rings. The summed E-state index contributed by atoms with van der Waals surface area (Å²) in [5, 5.41) is 1.09. The molecule has 0 radical (unpaired) electrons. The number of hydrogen-bond donors (Lipinski definition) is 0. The molecule has 96 valence electrons. The molecule has 0 spiro atoms. The van der Waals surface area contributed by atoms with Crippen LogP contribution in [0.25, 0.3) is 0 Å². The molecule has 4 heteroatoms. The molecule has 2 rings (SSSR count). The first-order chi connectivity index (χ1) is 8.47. The van der Waals surface area contributed by atoms with Gasteiger partial charge in [-0.3, -0.25) is 4.79 Å². The van der Waals surface area contributed by atoms with E-state index in [-0.39, 0.29) is 11.7 Å². The van der Waals surface area contributed by atoms with Gasteiger partial charge in [-0.05, 0) is 19.9 Å². The van der Waals surface area contributed by atoms with Gasteiger partial charge < -0.3 is 4.57 Å². The van der Waals surface area contributed by atoms with Crippen LogP contribution in [0.3, 0.4) is 0 Å². The average Bonchev–Trinajstić information content (AvgIpc) is 2.86. The third-order valence-electron chi connectivity index (χ3n) is 2.95. The van der Waals surface area contributed by atoms with E-state index in [1.54, 1.807) is 11.3 Å². The van der Waals surface area contributed by atoms with Gasteiger partial charge in [-0.15, -0.1) is 11.3 Å². The van der Waals surface area contributed by atoms with Crippen molar-refractivity contribution in [3.8, 4) is 0 Å². The van der Waals surface area contributed by atoms with E-state index in [0.717, 1.165) is 22.8 Å². The Bertz CT molecular complexity index is 547. The fraction of sp³-hybridized carbons (Fsp3) is 0.429. The van der Waals surface area contributed by atoms with Gasteiger partial charge in [0.25, 0.3) is 0 Å². The molecule has 0 aliphatic heterocycles. The molecule has 2 aromatic rings. The van der Waals surface area contributed by atoms with Crippen molar-refractivity contribution in [2.75, 3.05) is 0 Å². The maximum atomic E-state index is 11.8. The van der Waals surface area contributed by atoms with Gasteiger partial charge in [0.1, 0.15) is 5.01 Å². The van der Waals surface area contributed by atoms with Crippen LogP contribution in [0.2, 0.25) is 0 Å². The summed E-state index contributed by atoms with van der Waals surface area (Å²) in [7, 11) is 0. The zero-order chi connectivity index (χ0) is 13.3. The summed E-state index contributed by atoms with van der Waals surface area (Å²) < 4.78 is 2.02. The highest BCUT2D eigenvalue weighted by Gasteiger charge is 2.12. The van der Waals surface area contributed by atoms with Crippen molar-refractivity contribution in [2.45, 2.75) is 34.2 Å². The SMILES string of the molecule is Cc1nc(Cn2ccc(C(=O)C(C)C)c2)sc1C. The third-order valence-corrected chi connectivity index (χ3v) is 4.01. The Morgan fingerprint density at radius 1 is 1.44 bits per heavy atom. The maximum absolute atomic E-state index is 11.8. The lowest BCUT2D eigenvalue weighted by atomic mass is 10.0. The number of nitrogens with zero attached hydrogens (tertiary/aromatic N) is 2. The molecule has 0 saturated carbocycles. The standard InChI is InChI=1S/C14H18N2OS/c1-9(2)14(17)12-5-6-16(7-12)8-13-15-10(3)11(4)18-13/h5-7,9H,8H2,1-4H3. The maximum Gasteiger partial charge on any atom is 0.166 e. The van der Waals surface area contributed by atoms with Gasteiger partial charge in [0.15, 0.2) is 5.78 Å². The zero-order valence-electron chi connectivity index (χ0n) is 11.2. The lowest BCUT2D eigenvalue weighted by molar-refractivity contribution is 0.0939. The predicted molar refractivity (Wildman–Crippen MR) is 74.3 cm³/mol. The second kappa shape index (κ2) is 5.06. The van der Waals surface area contributed by atoms with Gasteiger partial charge in [-0.1, -0.05) is 13.8 Å². The first-order valence-corrected chi connectivity index (χ1v) is 6.92. The van der Waals surface area contributed by atoms with E-state index in [1.807, 2.05) is 43.8 Å².